The number of nitrogens with zero attached hydrogens (tertiary/aromatic N) is 3. The third kappa shape index (κ3) is 4.11. The fraction of sp³-hybridized carbons (Fsp3) is 0.842. The molecule has 27 heavy (non-hydrogen) atoms. The van der Waals surface area contributed by atoms with E-state index in [0.29, 0.717) is 39.0 Å². The third-order valence-electron chi connectivity index (χ3n) is 6.08. The Kier molecular flexibility index (Phi) is 6.37. The van der Waals surface area contributed by atoms with E-state index in [9.17, 15) is 14.4 Å². The second-order valence-corrected chi connectivity index (χ2v) is 7.91. The number of hydrogen-bond donors (Lipinski definition) is 1. The Labute approximate surface area is 161 Å². The first-order valence-corrected chi connectivity index (χ1v) is 10.2. The lowest BCUT2D eigenvalue weighted by molar-refractivity contribution is -0.139. The molecule has 1 atom stereocenters. The molecule has 4 amide bonds. The Balaban J connectivity index is 1.64. The Morgan fingerprint density at radius 1 is 1.26 bits per heavy atom. The number of methoxy groups -OCH3 is 1. The van der Waals surface area contributed by atoms with Crippen molar-refractivity contribution in [1.82, 2.24) is 20.0 Å². The van der Waals surface area contributed by atoms with Crippen molar-refractivity contribution in [2.24, 2.45) is 0 Å². The molecule has 3 heterocycles. The van der Waals surface area contributed by atoms with E-state index in [4.69, 9.17) is 4.74 Å². The van der Waals surface area contributed by atoms with Crippen molar-refractivity contribution in [2.45, 2.75) is 57.0 Å². The first kappa shape index (κ1) is 20.1. The molecule has 0 unspecified atom stereocenters. The number of nitrogens with one attached hydrogen (secondary N) is 1. The number of likely N-dealkylation sites (tertiary alicyclic amines) is 2. The minimum atomic E-state index is -0.746. The molecule has 1 spiro atoms. The Hall–Kier alpha value is -1.67. The largest absolute Gasteiger partial charge is 0.384 e. The van der Waals surface area contributed by atoms with Gasteiger partial charge < -0.3 is 19.9 Å². The molecule has 0 aromatic rings. The van der Waals surface area contributed by atoms with Gasteiger partial charge in [0, 0.05) is 33.3 Å². The summed E-state index contributed by atoms with van der Waals surface area (Å²) in [4.78, 5) is 43.7. The van der Waals surface area contributed by atoms with Crippen LogP contribution in [0.4, 0.5) is 4.79 Å². The molecule has 3 fully saturated rings. The number of piperidine rings is 2. The molecule has 0 aromatic carbocycles. The van der Waals surface area contributed by atoms with Gasteiger partial charge in [-0.3, -0.25) is 14.5 Å². The second kappa shape index (κ2) is 8.56. The van der Waals surface area contributed by atoms with Crippen LogP contribution in [0, 0.1) is 0 Å². The zero-order chi connectivity index (χ0) is 19.4. The summed E-state index contributed by atoms with van der Waals surface area (Å²) in [5.41, 5.74) is -0.746. The molecule has 8 heteroatoms. The summed E-state index contributed by atoms with van der Waals surface area (Å²) >= 11 is 0. The molecule has 1 N–H and O–H groups in total. The number of carbonyl (C=O) groups is 3. The molecular formula is C19H32N4O4. The topological polar surface area (TPSA) is 82.2 Å². The Morgan fingerprint density at radius 3 is 2.67 bits per heavy atom. The normalized spacial score (nSPS) is 25.9. The van der Waals surface area contributed by atoms with Gasteiger partial charge in [-0.1, -0.05) is 6.92 Å². The van der Waals surface area contributed by atoms with Crippen LogP contribution in [0.15, 0.2) is 0 Å². The van der Waals surface area contributed by atoms with E-state index in [1.165, 1.54) is 4.90 Å². The second-order valence-electron chi connectivity index (χ2n) is 7.91. The maximum Gasteiger partial charge on any atom is 0.325 e. The molecule has 0 aliphatic carbocycles. The number of ether oxygens (including phenoxy) is 1. The highest BCUT2D eigenvalue weighted by atomic mass is 16.5. The average Bonchev–Trinajstić information content (AvgIpc) is 2.91. The van der Waals surface area contributed by atoms with Crippen molar-refractivity contribution in [3.63, 3.8) is 0 Å². The van der Waals surface area contributed by atoms with E-state index < -0.39 is 5.54 Å². The summed E-state index contributed by atoms with van der Waals surface area (Å²) in [6, 6.07) is -0.522. The number of imide groups is 1. The minimum absolute atomic E-state index is 0.0243. The first-order chi connectivity index (χ1) is 13.0. The number of amides is 4. The molecule has 8 nitrogen and oxygen atoms in total. The van der Waals surface area contributed by atoms with Gasteiger partial charge in [-0.15, -0.1) is 0 Å². The number of rotatable bonds is 6. The number of hydrogen-bond acceptors (Lipinski definition) is 5. The fourth-order valence-electron chi connectivity index (χ4n) is 4.53. The standard InChI is InChI=1S/C19H32N4O4/c1-3-9-21-11-7-19(8-12-21)17(25)23(18(26)20-19)15-5-4-10-22(14-15)16(24)6-13-27-2/h15H,3-14H2,1-2H3,(H,20,26)/t15-/m1/s1. The zero-order valence-corrected chi connectivity index (χ0v) is 16.5. The van der Waals surface area contributed by atoms with Gasteiger partial charge in [-0.2, -0.15) is 0 Å². The Bertz CT molecular complexity index is 574. The van der Waals surface area contributed by atoms with Crippen molar-refractivity contribution < 1.29 is 19.1 Å². The summed E-state index contributed by atoms with van der Waals surface area (Å²) in [5.74, 6) is -0.0731. The van der Waals surface area contributed by atoms with Crippen molar-refractivity contribution in [2.75, 3.05) is 46.4 Å². The smallest absolute Gasteiger partial charge is 0.325 e. The molecule has 152 valence electrons. The maximum absolute atomic E-state index is 13.2. The van der Waals surface area contributed by atoms with Crippen molar-refractivity contribution in [3.8, 4) is 0 Å². The maximum atomic E-state index is 13.2. The fourth-order valence-corrected chi connectivity index (χ4v) is 4.53. The van der Waals surface area contributed by atoms with E-state index in [-0.39, 0.29) is 23.9 Å². The number of urea groups is 1. The van der Waals surface area contributed by atoms with Crippen LogP contribution in [0.3, 0.4) is 0 Å². The molecule has 0 aromatic heterocycles. The summed E-state index contributed by atoms with van der Waals surface area (Å²) in [6.45, 7) is 6.35. The number of carbonyl (C=O) groups excluding carboxylic acids is 3. The summed E-state index contributed by atoms with van der Waals surface area (Å²) in [7, 11) is 1.57. The lowest BCUT2D eigenvalue weighted by Gasteiger charge is -2.39. The average molecular weight is 380 g/mol. The van der Waals surface area contributed by atoms with Crippen molar-refractivity contribution in [3.05, 3.63) is 0 Å². The van der Waals surface area contributed by atoms with Crippen LogP contribution < -0.4 is 5.32 Å². The minimum Gasteiger partial charge on any atom is -0.384 e. The van der Waals surface area contributed by atoms with Gasteiger partial charge in [0.15, 0.2) is 0 Å². The summed E-state index contributed by atoms with van der Waals surface area (Å²) < 4.78 is 4.99. The molecule has 3 aliphatic rings. The molecule has 3 aliphatic heterocycles. The van der Waals surface area contributed by atoms with Crippen LogP contribution in [-0.2, 0) is 14.3 Å². The van der Waals surface area contributed by atoms with E-state index in [0.717, 1.165) is 38.9 Å². The van der Waals surface area contributed by atoms with Gasteiger partial charge in [0.25, 0.3) is 5.91 Å². The lowest BCUT2D eigenvalue weighted by Crippen LogP contribution is -2.56. The van der Waals surface area contributed by atoms with Crippen LogP contribution in [0.5, 0.6) is 0 Å². The van der Waals surface area contributed by atoms with Crippen LogP contribution >= 0.6 is 0 Å². The Morgan fingerprint density at radius 2 is 2.00 bits per heavy atom. The van der Waals surface area contributed by atoms with Gasteiger partial charge in [-0.25, -0.2) is 4.79 Å². The predicted octanol–water partition coefficient (Wildman–Crippen LogP) is 0.810. The van der Waals surface area contributed by atoms with Crippen LogP contribution in [-0.4, -0.2) is 90.6 Å². The quantitative estimate of drug-likeness (QED) is 0.690. The molecule has 3 rings (SSSR count). The van der Waals surface area contributed by atoms with E-state index in [1.54, 1.807) is 12.0 Å². The van der Waals surface area contributed by atoms with Crippen LogP contribution in [0.2, 0.25) is 0 Å². The van der Waals surface area contributed by atoms with Crippen molar-refractivity contribution >= 4 is 17.8 Å². The predicted molar refractivity (Wildman–Crippen MR) is 100 cm³/mol. The van der Waals surface area contributed by atoms with Gasteiger partial charge in [0.1, 0.15) is 5.54 Å². The zero-order valence-electron chi connectivity index (χ0n) is 16.5. The van der Waals surface area contributed by atoms with E-state index in [1.807, 2.05) is 0 Å². The van der Waals surface area contributed by atoms with E-state index in [2.05, 4.69) is 17.1 Å². The van der Waals surface area contributed by atoms with Gasteiger partial charge in [0.2, 0.25) is 5.91 Å². The van der Waals surface area contributed by atoms with Crippen LogP contribution in [0.25, 0.3) is 0 Å². The SMILES string of the molecule is CCCN1CCC2(CC1)NC(=O)N([C@@H]1CCCN(C(=O)CCOC)C1)C2=O. The molecule has 0 radical (unpaired) electrons. The molecular weight excluding hydrogens is 348 g/mol. The first-order valence-electron chi connectivity index (χ1n) is 10.2. The third-order valence-corrected chi connectivity index (χ3v) is 6.08. The highest BCUT2D eigenvalue weighted by molar-refractivity contribution is 6.07. The van der Waals surface area contributed by atoms with Gasteiger partial charge in [-0.05, 0) is 38.6 Å². The summed E-state index contributed by atoms with van der Waals surface area (Å²) in [5, 5.41) is 2.99. The van der Waals surface area contributed by atoms with Gasteiger partial charge >= 0.3 is 6.03 Å². The molecule has 0 saturated carbocycles. The molecule has 0 bridgehead atoms. The monoisotopic (exact) mass is 380 g/mol. The molecule has 3 saturated heterocycles. The lowest BCUT2D eigenvalue weighted by atomic mass is 9.87. The van der Waals surface area contributed by atoms with Crippen LogP contribution in [0.1, 0.15) is 45.4 Å². The summed E-state index contributed by atoms with van der Waals surface area (Å²) in [6.07, 6.45) is 4.31. The highest BCUT2D eigenvalue weighted by Crippen LogP contribution is 2.32. The van der Waals surface area contributed by atoms with Gasteiger partial charge in [0.05, 0.1) is 19.1 Å². The highest BCUT2D eigenvalue weighted by Gasteiger charge is 2.54. The van der Waals surface area contributed by atoms with Crippen molar-refractivity contribution in [1.29, 1.82) is 0 Å². The van der Waals surface area contributed by atoms with E-state index >= 15 is 0 Å².